The summed E-state index contributed by atoms with van der Waals surface area (Å²) < 4.78 is 31.0. The van der Waals surface area contributed by atoms with Crippen molar-refractivity contribution in [3.63, 3.8) is 0 Å². The zero-order valence-electron chi connectivity index (χ0n) is 16.8. The molecule has 1 aliphatic heterocycles. The molecular formula is C23H19Cl2NO5S. The van der Waals surface area contributed by atoms with Gasteiger partial charge in [0.2, 0.25) is 0 Å². The summed E-state index contributed by atoms with van der Waals surface area (Å²) in [5.74, 6) is -0.837. The Bertz CT molecular complexity index is 1260. The number of carbonyl (C=O) groups excluding carboxylic acids is 2. The summed E-state index contributed by atoms with van der Waals surface area (Å²) in [6, 6.07) is 13.9. The van der Waals surface area contributed by atoms with E-state index in [1.807, 2.05) is 0 Å². The van der Waals surface area contributed by atoms with Crippen LogP contribution in [0.4, 0.5) is 0 Å². The predicted octanol–water partition coefficient (Wildman–Crippen LogP) is 4.64. The van der Waals surface area contributed by atoms with E-state index in [1.165, 1.54) is 4.90 Å². The molecule has 4 rings (SSSR count). The number of nitrogens with zero attached hydrogens (tertiary/aromatic N) is 1. The number of hydrogen-bond donors (Lipinski definition) is 1. The highest BCUT2D eigenvalue weighted by Gasteiger charge is 2.44. The summed E-state index contributed by atoms with van der Waals surface area (Å²) in [5.41, 5.74) is 3.33. The van der Waals surface area contributed by atoms with Crippen molar-refractivity contribution in [2.24, 2.45) is 0 Å². The lowest BCUT2D eigenvalue weighted by Gasteiger charge is -2.21. The maximum atomic E-state index is 13.5. The van der Waals surface area contributed by atoms with E-state index in [9.17, 15) is 18.0 Å². The molecule has 0 fully saturated rings. The van der Waals surface area contributed by atoms with Gasteiger partial charge in [-0.15, -0.1) is 0 Å². The zero-order chi connectivity index (χ0) is 23.0. The number of carbonyl (C=O) groups is 2. The molecule has 0 spiro atoms. The molecule has 0 unspecified atom stereocenters. The Kier molecular flexibility index (Phi) is 6.27. The zero-order valence-corrected chi connectivity index (χ0v) is 19.2. The van der Waals surface area contributed by atoms with E-state index in [0.29, 0.717) is 44.4 Å². The second kappa shape index (κ2) is 8.83. The molecule has 0 bridgehead atoms. The molecule has 2 aromatic rings. The summed E-state index contributed by atoms with van der Waals surface area (Å²) in [6.07, 6.45) is 0.641. The third-order valence-corrected chi connectivity index (χ3v) is 6.79. The molecule has 2 aromatic carbocycles. The van der Waals surface area contributed by atoms with E-state index in [0.717, 1.165) is 5.56 Å². The van der Waals surface area contributed by atoms with E-state index in [2.05, 4.69) is 0 Å². The molecule has 166 valence electrons. The van der Waals surface area contributed by atoms with Crippen molar-refractivity contribution in [1.29, 1.82) is 0 Å². The number of allylic oxidation sites excluding steroid dienone is 1. The van der Waals surface area contributed by atoms with Crippen molar-refractivity contribution in [2.75, 3.05) is 12.3 Å². The maximum Gasteiger partial charge on any atom is 0.264 e. The minimum Gasteiger partial charge on any atom is -0.307 e. The minimum atomic E-state index is -4.08. The highest BCUT2D eigenvalue weighted by molar-refractivity contribution is 7.85. The third kappa shape index (κ3) is 4.52. The molecule has 1 amide bonds. The van der Waals surface area contributed by atoms with Crippen molar-refractivity contribution in [2.45, 2.75) is 19.3 Å². The quantitative estimate of drug-likeness (QED) is 0.449. The number of benzene rings is 2. The third-order valence-electron chi connectivity index (χ3n) is 5.48. The molecule has 1 heterocycles. The van der Waals surface area contributed by atoms with Gasteiger partial charge in [0.1, 0.15) is 0 Å². The number of Topliss-reactive ketones (excluding diaryl/α,β-unsaturated/α-hetero) is 1. The number of halogens is 2. The number of amides is 1. The molecule has 0 atom stereocenters. The van der Waals surface area contributed by atoms with Crippen LogP contribution in [0.1, 0.15) is 30.4 Å². The van der Waals surface area contributed by atoms with Gasteiger partial charge in [-0.25, -0.2) is 0 Å². The smallest absolute Gasteiger partial charge is 0.264 e. The highest BCUT2D eigenvalue weighted by Crippen LogP contribution is 2.46. The van der Waals surface area contributed by atoms with Gasteiger partial charge in [-0.3, -0.25) is 14.1 Å². The van der Waals surface area contributed by atoms with Gasteiger partial charge in [0.05, 0.1) is 22.6 Å². The van der Waals surface area contributed by atoms with E-state index in [-0.39, 0.29) is 36.8 Å². The first-order valence-electron chi connectivity index (χ1n) is 9.95. The maximum absolute atomic E-state index is 13.5. The van der Waals surface area contributed by atoms with Crippen LogP contribution in [0.3, 0.4) is 0 Å². The van der Waals surface area contributed by atoms with Crippen molar-refractivity contribution in [3.8, 4) is 0 Å². The largest absolute Gasteiger partial charge is 0.307 e. The average molecular weight is 492 g/mol. The number of hydrogen-bond acceptors (Lipinski definition) is 4. The van der Waals surface area contributed by atoms with Gasteiger partial charge in [0.25, 0.3) is 16.0 Å². The summed E-state index contributed by atoms with van der Waals surface area (Å²) in [4.78, 5) is 28.1. The lowest BCUT2D eigenvalue weighted by molar-refractivity contribution is -0.123. The summed E-state index contributed by atoms with van der Waals surface area (Å²) in [6.45, 7) is 0.209. The second-order valence-corrected chi connectivity index (χ2v) is 10.1. The highest BCUT2D eigenvalue weighted by atomic mass is 35.5. The standard InChI is InChI=1S/C23H19Cl2NO5S/c24-16-7-3-14(4-8-16)18-13-19(27)21-20(18)23(28)26(11-1-2-12-32(29,30)31)22(21)15-5-9-17(25)10-6-15/h3-10H,1-2,11-13H2,(H,29,30,31). The van der Waals surface area contributed by atoms with Gasteiger partial charge in [0, 0.05) is 23.0 Å². The van der Waals surface area contributed by atoms with Gasteiger partial charge < -0.3 is 4.90 Å². The molecule has 1 N–H and O–H groups in total. The number of ketones is 1. The molecule has 0 aromatic heterocycles. The Morgan fingerprint density at radius 1 is 0.844 bits per heavy atom. The summed E-state index contributed by atoms with van der Waals surface area (Å²) >= 11 is 12.0. The lowest BCUT2D eigenvalue weighted by atomic mass is 10.0. The molecule has 0 saturated heterocycles. The van der Waals surface area contributed by atoms with E-state index >= 15 is 0 Å². The van der Waals surface area contributed by atoms with Crippen LogP contribution >= 0.6 is 23.2 Å². The Balaban J connectivity index is 1.77. The molecular weight excluding hydrogens is 473 g/mol. The number of rotatable bonds is 7. The monoisotopic (exact) mass is 491 g/mol. The molecule has 0 saturated carbocycles. The molecule has 0 radical (unpaired) electrons. The van der Waals surface area contributed by atoms with Crippen molar-refractivity contribution >= 4 is 56.3 Å². The number of unbranched alkanes of at least 4 members (excludes halogenated alkanes) is 1. The lowest BCUT2D eigenvalue weighted by Crippen LogP contribution is -2.27. The van der Waals surface area contributed by atoms with Crippen molar-refractivity contribution in [1.82, 2.24) is 4.90 Å². The van der Waals surface area contributed by atoms with Gasteiger partial charge in [0.15, 0.2) is 5.78 Å². The van der Waals surface area contributed by atoms with Crippen LogP contribution in [0.15, 0.2) is 59.7 Å². The molecule has 32 heavy (non-hydrogen) atoms. The SMILES string of the molecule is O=C1CC(c2ccc(Cl)cc2)=C2C(=O)N(CCCCS(=O)(=O)O)C(c3ccc(Cl)cc3)=C12. The average Bonchev–Trinajstić information content (AvgIpc) is 3.21. The van der Waals surface area contributed by atoms with Gasteiger partial charge in [-0.1, -0.05) is 47.5 Å². The van der Waals surface area contributed by atoms with Crippen LogP contribution in [-0.4, -0.2) is 41.9 Å². The Labute approximate surface area is 195 Å². The molecule has 1 aliphatic carbocycles. The van der Waals surface area contributed by atoms with Crippen molar-refractivity contribution < 1.29 is 22.6 Å². The van der Waals surface area contributed by atoms with E-state index in [1.54, 1.807) is 48.5 Å². The van der Waals surface area contributed by atoms with E-state index < -0.39 is 10.1 Å². The second-order valence-electron chi connectivity index (χ2n) is 7.64. The normalized spacial score (nSPS) is 16.4. The Morgan fingerprint density at radius 3 is 1.97 bits per heavy atom. The van der Waals surface area contributed by atoms with Crippen LogP contribution in [0.25, 0.3) is 11.3 Å². The van der Waals surface area contributed by atoms with E-state index in [4.69, 9.17) is 27.8 Å². The summed E-state index contributed by atoms with van der Waals surface area (Å²) in [5, 5.41) is 1.08. The first kappa shape index (κ1) is 22.7. The van der Waals surface area contributed by atoms with Crippen LogP contribution in [0.2, 0.25) is 10.0 Å². The fourth-order valence-corrected chi connectivity index (χ4v) is 4.88. The van der Waals surface area contributed by atoms with Crippen LogP contribution < -0.4 is 0 Å². The topological polar surface area (TPSA) is 91.8 Å². The van der Waals surface area contributed by atoms with Crippen molar-refractivity contribution in [3.05, 3.63) is 80.8 Å². The first-order chi connectivity index (χ1) is 15.2. The number of fused-ring (bicyclic) bond motifs is 1. The van der Waals surface area contributed by atoms with Crippen LogP contribution in [-0.2, 0) is 19.7 Å². The predicted molar refractivity (Wildman–Crippen MR) is 124 cm³/mol. The molecule has 2 aliphatic rings. The Hall–Kier alpha value is -2.45. The first-order valence-corrected chi connectivity index (χ1v) is 12.3. The fourth-order valence-electron chi connectivity index (χ4n) is 4.06. The molecule has 9 heteroatoms. The molecule has 6 nitrogen and oxygen atoms in total. The van der Waals surface area contributed by atoms with Gasteiger partial charge >= 0.3 is 0 Å². The van der Waals surface area contributed by atoms with Gasteiger partial charge in [-0.2, -0.15) is 8.42 Å². The van der Waals surface area contributed by atoms with Crippen LogP contribution in [0.5, 0.6) is 0 Å². The summed E-state index contributed by atoms with van der Waals surface area (Å²) in [7, 11) is -4.08. The Morgan fingerprint density at radius 2 is 1.41 bits per heavy atom. The van der Waals surface area contributed by atoms with Crippen LogP contribution in [0, 0.1) is 0 Å². The minimum absolute atomic E-state index is 0.117. The van der Waals surface area contributed by atoms with Gasteiger partial charge in [-0.05, 0) is 53.8 Å². The fraction of sp³-hybridized carbons (Fsp3) is 0.217.